The van der Waals surface area contributed by atoms with Gasteiger partial charge >= 0.3 is 12.2 Å². The number of halogens is 2. The Balaban J connectivity index is 1.49. The van der Waals surface area contributed by atoms with Gasteiger partial charge in [0.15, 0.2) is 17.4 Å². The predicted molar refractivity (Wildman–Crippen MR) is 205 cm³/mol. The molecule has 1 aliphatic carbocycles. The van der Waals surface area contributed by atoms with Crippen molar-refractivity contribution < 1.29 is 28.2 Å². The van der Waals surface area contributed by atoms with E-state index in [4.69, 9.17) is 25.8 Å². The minimum atomic E-state index is -0.745. The molecule has 1 heterocycles. The molecule has 0 aliphatic heterocycles. The lowest BCUT2D eigenvalue weighted by molar-refractivity contribution is 0.00941. The highest BCUT2D eigenvalue weighted by atomic mass is 35.5. The topological polar surface area (TPSA) is 127 Å². The van der Waals surface area contributed by atoms with E-state index in [1.165, 1.54) is 12.1 Å². The van der Waals surface area contributed by atoms with Gasteiger partial charge in [0, 0.05) is 53.1 Å². The first kappa shape index (κ1) is 40.0. The lowest BCUT2D eigenvalue weighted by Gasteiger charge is -2.39. The zero-order valence-corrected chi connectivity index (χ0v) is 32.3. The van der Waals surface area contributed by atoms with Crippen LogP contribution in [0.15, 0.2) is 79.1 Å². The van der Waals surface area contributed by atoms with Gasteiger partial charge in [-0.15, -0.1) is 0 Å². The Morgan fingerprint density at radius 1 is 0.926 bits per heavy atom. The van der Waals surface area contributed by atoms with Gasteiger partial charge in [-0.2, -0.15) is 5.26 Å². The summed E-state index contributed by atoms with van der Waals surface area (Å²) in [5, 5.41) is 13.3. The monoisotopic (exact) mass is 755 g/mol. The molecule has 0 spiro atoms. The maximum atomic E-state index is 16.4. The zero-order chi connectivity index (χ0) is 39.0. The average molecular weight is 756 g/mol. The summed E-state index contributed by atoms with van der Waals surface area (Å²) in [6, 6.07) is 21.4. The largest absolute Gasteiger partial charge is 0.483 e. The van der Waals surface area contributed by atoms with Crippen LogP contribution in [0.1, 0.15) is 95.7 Å². The number of hydrogen-bond acceptors (Lipinski definition) is 8. The molecular formula is C42H47ClFN5O5. The summed E-state index contributed by atoms with van der Waals surface area (Å²) in [6.45, 7) is 11.1. The van der Waals surface area contributed by atoms with Crippen LogP contribution in [-0.4, -0.2) is 56.9 Å². The Labute approximate surface area is 321 Å². The number of aromatic nitrogens is 2. The molecule has 5 rings (SSSR count). The fourth-order valence-electron chi connectivity index (χ4n) is 6.51. The highest BCUT2D eigenvalue weighted by molar-refractivity contribution is 6.33. The van der Waals surface area contributed by atoms with Crippen LogP contribution in [0.25, 0.3) is 11.1 Å². The molecule has 4 aromatic rings. The van der Waals surface area contributed by atoms with Gasteiger partial charge in [0.2, 0.25) is 0 Å². The van der Waals surface area contributed by atoms with Crippen LogP contribution in [0.2, 0.25) is 5.02 Å². The van der Waals surface area contributed by atoms with Gasteiger partial charge in [0.1, 0.15) is 17.8 Å². The molecule has 1 atom stereocenters. The van der Waals surface area contributed by atoms with Crippen molar-refractivity contribution in [3.05, 3.63) is 112 Å². The molecule has 1 fully saturated rings. The fraction of sp³-hybridized carbons (Fsp3) is 0.405. The Bertz CT molecular complexity index is 1950. The molecule has 2 amide bonds. The zero-order valence-electron chi connectivity index (χ0n) is 31.6. The molecule has 1 aromatic heterocycles. The number of nitriles is 1. The summed E-state index contributed by atoms with van der Waals surface area (Å²) in [7, 11) is 0. The normalized spacial score (nSPS) is 16.4. The van der Waals surface area contributed by atoms with Crippen LogP contribution in [0.4, 0.5) is 14.0 Å². The van der Waals surface area contributed by atoms with Crippen molar-refractivity contribution >= 4 is 23.8 Å². The molecule has 0 bridgehead atoms. The van der Waals surface area contributed by atoms with Crippen molar-refractivity contribution in [2.45, 2.75) is 103 Å². The quantitative estimate of drug-likeness (QED) is 0.170. The van der Waals surface area contributed by atoms with E-state index in [0.717, 1.165) is 11.1 Å². The number of alkyl carbamates (subject to hydrolysis) is 1. The Kier molecular flexibility index (Phi) is 12.8. The lowest BCUT2D eigenvalue weighted by atomic mass is 9.86. The first-order valence-electron chi connectivity index (χ1n) is 18.1. The summed E-state index contributed by atoms with van der Waals surface area (Å²) in [6.07, 6.45) is 4.78. The van der Waals surface area contributed by atoms with Gasteiger partial charge in [0.25, 0.3) is 0 Å². The third-order valence-corrected chi connectivity index (χ3v) is 9.26. The molecule has 12 heteroatoms. The van der Waals surface area contributed by atoms with Crippen molar-refractivity contribution in [1.29, 1.82) is 5.26 Å². The van der Waals surface area contributed by atoms with Crippen LogP contribution in [-0.2, 0) is 16.1 Å². The number of carbonyl (C=O) groups excluding carboxylic acids is 2. The van der Waals surface area contributed by atoms with Crippen LogP contribution in [0.5, 0.6) is 5.75 Å². The van der Waals surface area contributed by atoms with Crippen molar-refractivity contribution in [3.8, 4) is 22.9 Å². The summed E-state index contributed by atoms with van der Waals surface area (Å²) in [5.41, 5.74) is 0.705. The van der Waals surface area contributed by atoms with E-state index in [1.54, 1.807) is 35.5 Å². The van der Waals surface area contributed by atoms with Gasteiger partial charge in [-0.05, 0) is 109 Å². The summed E-state index contributed by atoms with van der Waals surface area (Å²) in [4.78, 5) is 36.6. The second-order valence-corrected chi connectivity index (χ2v) is 15.8. The Hall–Kier alpha value is -5.21. The predicted octanol–water partition coefficient (Wildman–Crippen LogP) is 9.59. The van der Waals surface area contributed by atoms with E-state index in [-0.39, 0.29) is 47.1 Å². The van der Waals surface area contributed by atoms with E-state index < -0.39 is 35.1 Å². The van der Waals surface area contributed by atoms with Gasteiger partial charge in [-0.3, -0.25) is 0 Å². The summed E-state index contributed by atoms with van der Waals surface area (Å²) < 4.78 is 33.6. The molecule has 1 N–H and O–H groups in total. The van der Waals surface area contributed by atoms with E-state index in [2.05, 4.69) is 21.4 Å². The third-order valence-electron chi connectivity index (χ3n) is 8.93. The van der Waals surface area contributed by atoms with Crippen LogP contribution < -0.4 is 10.1 Å². The number of hydrogen-bond donors (Lipinski definition) is 1. The first-order chi connectivity index (χ1) is 25.6. The van der Waals surface area contributed by atoms with Crippen molar-refractivity contribution in [2.75, 3.05) is 6.54 Å². The van der Waals surface area contributed by atoms with Crippen molar-refractivity contribution in [3.63, 3.8) is 0 Å². The average Bonchev–Trinajstić information content (AvgIpc) is 3.11. The van der Waals surface area contributed by atoms with E-state index in [1.807, 2.05) is 77.9 Å². The maximum absolute atomic E-state index is 16.4. The standard InChI is InChI=1S/C42H47ClFN5O5/c1-41(2,3)53-39(50)48-30-15-17-31(18-16-30)49(40(51)54-42(4,5)6)25-33(27-11-8-7-9-12-27)28-13-19-34(43)32(23-28)37-29(24-45)14-20-35(38(37)44)52-26-36-46-21-10-22-47-36/h7-14,19-23,30-31,33H,15-18,25-26H2,1-6H3,(H,48,50). The minimum absolute atomic E-state index is 0.00227. The molecule has 10 nitrogen and oxygen atoms in total. The van der Waals surface area contributed by atoms with Crippen LogP contribution in [0, 0.1) is 17.1 Å². The summed E-state index contributed by atoms with van der Waals surface area (Å²) in [5.74, 6) is -0.843. The fourth-order valence-corrected chi connectivity index (χ4v) is 6.72. The molecule has 3 aromatic carbocycles. The maximum Gasteiger partial charge on any atom is 0.410 e. The third kappa shape index (κ3) is 10.7. The van der Waals surface area contributed by atoms with Crippen molar-refractivity contribution in [1.82, 2.24) is 20.2 Å². The molecule has 0 radical (unpaired) electrons. The number of nitrogens with one attached hydrogen (secondary N) is 1. The van der Waals surface area contributed by atoms with E-state index in [0.29, 0.717) is 37.1 Å². The number of rotatable bonds is 10. The molecule has 54 heavy (non-hydrogen) atoms. The number of benzene rings is 3. The van der Waals surface area contributed by atoms with E-state index >= 15 is 4.39 Å². The van der Waals surface area contributed by atoms with Gasteiger partial charge in [-0.25, -0.2) is 23.9 Å². The Morgan fingerprint density at radius 3 is 2.22 bits per heavy atom. The first-order valence-corrected chi connectivity index (χ1v) is 18.4. The molecule has 1 unspecified atom stereocenters. The molecule has 1 saturated carbocycles. The van der Waals surface area contributed by atoms with Gasteiger partial charge < -0.3 is 24.4 Å². The SMILES string of the molecule is CC(C)(C)OC(=O)NC1CCC(N(CC(c2ccccc2)c2ccc(Cl)c(-c3c(C#N)ccc(OCc4ncccn4)c3F)c2)C(=O)OC(C)(C)C)CC1. The molecular weight excluding hydrogens is 709 g/mol. The second kappa shape index (κ2) is 17.3. The second-order valence-electron chi connectivity index (χ2n) is 15.4. The highest BCUT2D eigenvalue weighted by Crippen LogP contribution is 2.40. The van der Waals surface area contributed by atoms with Crippen molar-refractivity contribution in [2.24, 2.45) is 0 Å². The highest BCUT2D eigenvalue weighted by Gasteiger charge is 2.35. The lowest BCUT2D eigenvalue weighted by Crippen LogP contribution is -2.49. The number of ether oxygens (including phenoxy) is 3. The number of nitrogens with zero attached hydrogens (tertiary/aromatic N) is 4. The number of carbonyl (C=O) groups is 2. The van der Waals surface area contributed by atoms with Crippen LogP contribution in [0.3, 0.4) is 0 Å². The molecule has 0 saturated heterocycles. The smallest absolute Gasteiger partial charge is 0.410 e. The molecule has 284 valence electrons. The minimum Gasteiger partial charge on any atom is -0.483 e. The molecule has 1 aliphatic rings. The van der Waals surface area contributed by atoms with Crippen LogP contribution >= 0.6 is 11.6 Å². The van der Waals surface area contributed by atoms with E-state index in [9.17, 15) is 14.9 Å². The number of amides is 2. The van der Waals surface area contributed by atoms with Gasteiger partial charge in [0.05, 0.1) is 11.6 Å². The summed E-state index contributed by atoms with van der Waals surface area (Å²) >= 11 is 6.78. The Morgan fingerprint density at radius 2 is 1.59 bits per heavy atom. The van der Waals surface area contributed by atoms with Gasteiger partial charge in [-0.1, -0.05) is 48.0 Å².